The van der Waals surface area contributed by atoms with Gasteiger partial charge in [-0.2, -0.15) is 0 Å². The van der Waals surface area contributed by atoms with Gasteiger partial charge in [0.05, 0.1) is 20.1 Å². The van der Waals surface area contributed by atoms with Crippen LogP contribution in [0, 0.1) is 6.92 Å². The third kappa shape index (κ3) is 2.46. The molecule has 0 saturated carbocycles. The van der Waals surface area contributed by atoms with Crippen molar-refractivity contribution in [2.24, 2.45) is 0 Å². The van der Waals surface area contributed by atoms with Crippen molar-refractivity contribution in [3.05, 3.63) is 29.0 Å². The van der Waals surface area contributed by atoms with Gasteiger partial charge in [-0.1, -0.05) is 0 Å². The van der Waals surface area contributed by atoms with Crippen molar-refractivity contribution in [2.45, 2.75) is 26.3 Å². The Kier molecular flexibility index (Phi) is 4.07. The highest BCUT2D eigenvalue weighted by molar-refractivity contribution is 5.91. The molecule has 0 fully saturated rings. The molecule has 0 spiro atoms. The van der Waals surface area contributed by atoms with Crippen molar-refractivity contribution in [2.75, 3.05) is 27.4 Å². The van der Waals surface area contributed by atoms with E-state index in [9.17, 15) is 4.79 Å². The van der Waals surface area contributed by atoms with Gasteiger partial charge in [0, 0.05) is 42.4 Å². The number of aromatic nitrogens is 1. The number of methoxy groups -OCH3 is 2. The van der Waals surface area contributed by atoms with Gasteiger partial charge in [-0.05, 0) is 31.0 Å². The molecule has 22 heavy (non-hydrogen) atoms. The number of benzene rings is 1. The van der Waals surface area contributed by atoms with Gasteiger partial charge < -0.3 is 19.4 Å². The number of amides is 1. The van der Waals surface area contributed by atoms with Gasteiger partial charge in [-0.3, -0.25) is 4.79 Å². The molecule has 0 aliphatic carbocycles. The first kappa shape index (κ1) is 14.9. The SMILES string of the molecule is COCCC(=O)N1CCc2c(C)[nH]c3ccc(OC)c(c23)C1. The van der Waals surface area contributed by atoms with Crippen LogP contribution in [0.1, 0.15) is 23.2 Å². The van der Waals surface area contributed by atoms with Crippen LogP contribution in [0.2, 0.25) is 0 Å². The first-order valence-electron chi connectivity index (χ1n) is 7.59. The molecule has 3 rings (SSSR count). The normalized spacial score (nSPS) is 14.2. The van der Waals surface area contributed by atoms with Gasteiger partial charge in [0.25, 0.3) is 0 Å². The molecule has 5 heteroatoms. The number of carbonyl (C=O) groups excluding carboxylic acids is 1. The van der Waals surface area contributed by atoms with E-state index in [2.05, 4.69) is 18.0 Å². The highest BCUT2D eigenvalue weighted by atomic mass is 16.5. The van der Waals surface area contributed by atoms with E-state index in [0.29, 0.717) is 19.6 Å². The maximum absolute atomic E-state index is 12.4. The summed E-state index contributed by atoms with van der Waals surface area (Å²) in [6, 6.07) is 4.02. The maximum Gasteiger partial charge on any atom is 0.225 e. The third-order valence-electron chi connectivity index (χ3n) is 4.42. The Bertz CT molecular complexity index is 705. The minimum Gasteiger partial charge on any atom is -0.496 e. The number of hydrogen-bond acceptors (Lipinski definition) is 3. The lowest BCUT2D eigenvalue weighted by atomic mass is 10.0. The standard InChI is InChI=1S/C17H22N2O3/c1-11-12-6-8-19(16(20)7-9-21-2)10-13-15(22-3)5-4-14(18-11)17(12)13/h4-5,18H,6-10H2,1-3H3. The first-order valence-corrected chi connectivity index (χ1v) is 7.59. The highest BCUT2D eigenvalue weighted by Gasteiger charge is 2.24. The molecule has 1 aromatic heterocycles. The van der Waals surface area contributed by atoms with E-state index in [4.69, 9.17) is 9.47 Å². The van der Waals surface area contributed by atoms with Crippen molar-refractivity contribution in [1.82, 2.24) is 9.88 Å². The molecule has 118 valence electrons. The van der Waals surface area contributed by atoms with Gasteiger partial charge in [0.15, 0.2) is 0 Å². The van der Waals surface area contributed by atoms with Crippen molar-refractivity contribution >= 4 is 16.8 Å². The van der Waals surface area contributed by atoms with Crippen molar-refractivity contribution < 1.29 is 14.3 Å². The Balaban J connectivity index is 2.02. The van der Waals surface area contributed by atoms with E-state index in [-0.39, 0.29) is 5.91 Å². The van der Waals surface area contributed by atoms with Crippen LogP contribution in [0.25, 0.3) is 10.9 Å². The molecule has 0 radical (unpaired) electrons. The molecule has 1 aromatic carbocycles. The van der Waals surface area contributed by atoms with Crippen LogP contribution in [-0.4, -0.2) is 43.2 Å². The Labute approximate surface area is 130 Å². The number of rotatable bonds is 4. The zero-order valence-corrected chi connectivity index (χ0v) is 13.4. The van der Waals surface area contributed by atoms with E-state index in [0.717, 1.165) is 29.8 Å². The topological polar surface area (TPSA) is 54.6 Å². The summed E-state index contributed by atoms with van der Waals surface area (Å²) < 4.78 is 10.6. The smallest absolute Gasteiger partial charge is 0.225 e. The van der Waals surface area contributed by atoms with Gasteiger partial charge in [-0.25, -0.2) is 0 Å². The number of carbonyl (C=O) groups is 1. The quantitative estimate of drug-likeness (QED) is 0.943. The summed E-state index contributed by atoms with van der Waals surface area (Å²) in [5.41, 5.74) is 4.69. The Morgan fingerprint density at radius 3 is 2.86 bits per heavy atom. The van der Waals surface area contributed by atoms with Crippen LogP contribution < -0.4 is 4.74 Å². The second kappa shape index (κ2) is 6.01. The number of nitrogens with zero attached hydrogens (tertiary/aromatic N) is 1. The largest absolute Gasteiger partial charge is 0.496 e. The second-order valence-electron chi connectivity index (χ2n) is 5.71. The lowest BCUT2D eigenvalue weighted by Crippen LogP contribution is -2.32. The molecule has 1 aliphatic heterocycles. The monoisotopic (exact) mass is 302 g/mol. The van der Waals surface area contributed by atoms with Gasteiger partial charge in [0.2, 0.25) is 5.91 Å². The van der Waals surface area contributed by atoms with Crippen molar-refractivity contribution in [1.29, 1.82) is 0 Å². The van der Waals surface area contributed by atoms with Crippen LogP contribution in [0.3, 0.4) is 0 Å². The molecule has 1 amide bonds. The lowest BCUT2D eigenvalue weighted by molar-refractivity contribution is -0.132. The van der Waals surface area contributed by atoms with Gasteiger partial charge in [0.1, 0.15) is 5.75 Å². The fourth-order valence-corrected chi connectivity index (χ4v) is 3.28. The molecule has 1 N–H and O–H groups in total. The number of H-pyrrole nitrogens is 1. The summed E-state index contributed by atoms with van der Waals surface area (Å²) in [5, 5.41) is 1.22. The predicted octanol–water partition coefficient (Wildman–Crippen LogP) is 2.41. The summed E-state index contributed by atoms with van der Waals surface area (Å²) in [5.74, 6) is 0.979. The van der Waals surface area contributed by atoms with Gasteiger partial charge >= 0.3 is 0 Å². The Hall–Kier alpha value is -2.01. The predicted molar refractivity (Wildman–Crippen MR) is 85.2 cm³/mol. The van der Waals surface area contributed by atoms with Crippen LogP contribution >= 0.6 is 0 Å². The molecule has 0 saturated heterocycles. The van der Waals surface area contributed by atoms with Crippen LogP contribution in [-0.2, 0) is 22.5 Å². The average molecular weight is 302 g/mol. The van der Waals surface area contributed by atoms with Crippen molar-refractivity contribution in [3.8, 4) is 5.75 Å². The lowest BCUT2D eigenvalue weighted by Gasteiger charge is -2.22. The molecule has 0 atom stereocenters. The molecule has 5 nitrogen and oxygen atoms in total. The Morgan fingerprint density at radius 1 is 1.32 bits per heavy atom. The van der Waals surface area contributed by atoms with E-state index in [1.807, 2.05) is 11.0 Å². The molecule has 0 bridgehead atoms. The number of aromatic amines is 1. The minimum atomic E-state index is 0.132. The van der Waals surface area contributed by atoms with Crippen molar-refractivity contribution in [3.63, 3.8) is 0 Å². The summed E-state index contributed by atoms with van der Waals surface area (Å²) in [7, 11) is 3.30. The van der Waals surface area contributed by atoms with E-state index in [1.165, 1.54) is 16.6 Å². The fraction of sp³-hybridized carbons (Fsp3) is 0.471. The van der Waals surface area contributed by atoms with E-state index < -0.39 is 0 Å². The zero-order valence-electron chi connectivity index (χ0n) is 13.4. The summed E-state index contributed by atoms with van der Waals surface area (Å²) in [4.78, 5) is 17.7. The van der Waals surface area contributed by atoms with Crippen LogP contribution in [0.15, 0.2) is 12.1 Å². The molecule has 0 unspecified atom stereocenters. The maximum atomic E-state index is 12.4. The van der Waals surface area contributed by atoms with Crippen LogP contribution in [0.5, 0.6) is 5.75 Å². The average Bonchev–Trinajstić information content (AvgIpc) is 2.71. The molecule has 1 aliphatic rings. The molecular weight excluding hydrogens is 280 g/mol. The third-order valence-corrected chi connectivity index (χ3v) is 4.42. The number of aryl methyl sites for hydroxylation is 1. The summed E-state index contributed by atoms with van der Waals surface area (Å²) >= 11 is 0. The molecule has 2 heterocycles. The highest BCUT2D eigenvalue weighted by Crippen LogP contribution is 2.35. The van der Waals surface area contributed by atoms with Crippen LogP contribution in [0.4, 0.5) is 0 Å². The fourth-order valence-electron chi connectivity index (χ4n) is 3.28. The molecular formula is C17H22N2O3. The molecule has 2 aromatic rings. The zero-order chi connectivity index (χ0) is 15.7. The first-order chi connectivity index (χ1) is 10.7. The minimum absolute atomic E-state index is 0.132. The Morgan fingerprint density at radius 2 is 2.14 bits per heavy atom. The number of hydrogen-bond donors (Lipinski definition) is 1. The number of ether oxygens (including phenoxy) is 2. The summed E-state index contributed by atoms with van der Waals surface area (Å²) in [6.45, 7) is 3.87. The van der Waals surface area contributed by atoms with E-state index in [1.54, 1.807) is 14.2 Å². The second-order valence-corrected chi connectivity index (χ2v) is 5.71. The van der Waals surface area contributed by atoms with Gasteiger partial charge in [-0.15, -0.1) is 0 Å². The summed E-state index contributed by atoms with van der Waals surface area (Å²) in [6.07, 6.45) is 1.29. The van der Waals surface area contributed by atoms with E-state index >= 15 is 0 Å². The number of nitrogens with one attached hydrogen (secondary N) is 1.